The SMILES string of the molecule is CCCN1CC[C@]23c4c5ccc(O)c4O[C@H]2C(=O)CC[C@@]3(OCCC(C)C)[C@H]1C5. The number of Topliss-reactive ketones (excluding diaryl/α,β-unsaturated/α-hetero) is 1. The van der Waals surface area contributed by atoms with Crippen LogP contribution in [0.25, 0.3) is 0 Å². The van der Waals surface area contributed by atoms with Gasteiger partial charge in [-0.15, -0.1) is 0 Å². The fourth-order valence-electron chi connectivity index (χ4n) is 6.71. The highest BCUT2D eigenvalue weighted by Gasteiger charge is 2.74. The number of piperidine rings is 1. The molecule has 1 saturated carbocycles. The van der Waals surface area contributed by atoms with Crippen LogP contribution in [0.15, 0.2) is 12.1 Å². The van der Waals surface area contributed by atoms with E-state index >= 15 is 0 Å². The Morgan fingerprint density at radius 1 is 1.34 bits per heavy atom. The van der Waals surface area contributed by atoms with Gasteiger partial charge in [-0.25, -0.2) is 0 Å². The molecule has 4 aliphatic rings. The van der Waals surface area contributed by atoms with Gasteiger partial charge in [0.1, 0.15) is 0 Å². The summed E-state index contributed by atoms with van der Waals surface area (Å²) in [6.45, 7) is 9.39. The third-order valence-corrected chi connectivity index (χ3v) is 7.89. The smallest absolute Gasteiger partial charge is 0.174 e. The summed E-state index contributed by atoms with van der Waals surface area (Å²) < 4.78 is 13.2. The maximum atomic E-state index is 13.1. The van der Waals surface area contributed by atoms with Crippen molar-refractivity contribution in [3.05, 3.63) is 23.3 Å². The molecule has 1 aromatic carbocycles. The third kappa shape index (κ3) is 2.43. The van der Waals surface area contributed by atoms with Gasteiger partial charge in [0.25, 0.3) is 0 Å². The van der Waals surface area contributed by atoms with Crippen LogP contribution >= 0.6 is 0 Å². The van der Waals surface area contributed by atoms with E-state index in [1.165, 1.54) is 5.56 Å². The number of aromatic hydroxyl groups is 1. The van der Waals surface area contributed by atoms with Crippen molar-refractivity contribution in [1.29, 1.82) is 0 Å². The summed E-state index contributed by atoms with van der Waals surface area (Å²) >= 11 is 0. The molecule has 2 aliphatic heterocycles. The van der Waals surface area contributed by atoms with E-state index in [9.17, 15) is 9.90 Å². The molecule has 1 N–H and O–H groups in total. The van der Waals surface area contributed by atoms with Gasteiger partial charge in [-0.3, -0.25) is 9.69 Å². The number of ketones is 1. The molecule has 1 aromatic rings. The Labute approximate surface area is 173 Å². The largest absolute Gasteiger partial charge is 0.504 e. The van der Waals surface area contributed by atoms with E-state index < -0.39 is 17.1 Å². The van der Waals surface area contributed by atoms with Crippen molar-refractivity contribution in [2.75, 3.05) is 19.7 Å². The Hall–Kier alpha value is -1.59. The lowest BCUT2D eigenvalue weighted by Crippen LogP contribution is -2.77. The van der Waals surface area contributed by atoms with E-state index in [0.29, 0.717) is 24.7 Å². The van der Waals surface area contributed by atoms with Gasteiger partial charge in [0, 0.05) is 24.6 Å². The van der Waals surface area contributed by atoms with Crippen LogP contribution in [-0.4, -0.2) is 53.2 Å². The topological polar surface area (TPSA) is 59.0 Å². The number of phenolic OH excluding ortho intramolecular Hbond substituents is 1. The summed E-state index contributed by atoms with van der Waals surface area (Å²) in [4.78, 5) is 15.7. The third-order valence-electron chi connectivity index (χ3n) is 7.89. The number of benzene rings is 1. The first-order chi connectivity index (χ1) is 13.9. The molecule has 5 rings (SSSR count). The van der Waals surface area contributed by atoms with Crippen LogP contribution in [0.1, 0.15) is 64.0 Å². The fraction of sp³-hybridized carbons (Fsp3) is 0.708. The molecule has 4 atom stereocenters. The molecular formula is C24H33NO4. The second kappa shape index (κ2) is 6.71. The molecule has 1 spiro atoms. The molecule has 5 heteroatoms. The lowest BCUT2D eigenvalue weighted by atomic mass is 9.48. The van der Waals surface area contributed by atoms with Crippen molar-refractivity contribution in [1.82, 2.24) is 4.90 Å². The normalized spacial score (nSPS) is 35.0. The van der Waals surface area contributed by atoms with Gasteiger partial charge < -0.3 is 14.6 Å². The second-order valence-corrected chi connectivity index (χ2v) is 9.81. The average Bonchev–Trinajstić information content (AvgIpc) is 3.04. The van der Waals surface area contributed by atoms with Crippen LogP contribution in [-0.2, 0) is 21.4 Å². The van der Waals surface area contributed by atoms with Gasteiger partial charge in [-0.2, -0.15) is 0 Å². The number of ether oxygens (including phenoxy) is 2. The summed E-state index contributed by atoms with van der Waals surface area (Å²) in [7, 11) is 0. The first kappa shape index (κ1) is 19.4. The summed E-state index contributed by atoms with van der Waals surface area (Å²) in [5.41, 5.74) is 1.42. The lowest BCUT2D eigenvalue weighted by Gasteiger charge is -2.64. The predicted octanol–water partition coefficient (Wildman–Crippen LogP) is 3.60. The molecule has 2 bridgehead atoms. The Bertz CT molecular complexity index is 836. The zero-order chi connectivity index (χ0) is 20.4. The minimum Gasteiger partial charge on any atom is -0.504 e. The van der Waals surface area contributed by atoms with E-state index in [1.54, 1.807) is 6.07 Å². The molecule has 2 heterocycles. The van der Waals surface area contributed by atoms with Crippen LogP contribution in [0.3, 0.4) is 0 Å². The number of likely N-dealkylation sites (tertiary alicyclic amines) is 1. The van der Waals surface area contributed by atoms with Crippen LogP contribution in [0, 0.1) is 5.92 Å². The molecule has 0 unspecified atom stereocenters. The van der Waals surface area contributed by atoms with Gasteiger partial charge in [-0.05, 0) is 62.7 Å². The number of rotatable bonds is 6. The average molecular weight is 400 g/mol. The van der Waals surface area contributed by atoms with Gasteiger partial charge in [0.05, 0.1) is 11.0 Å². The molecule has 0 amide bonds. The number of hydrogen-bond donors (Lipinski definition) is 1. The maximum absolute atomic E-state index is 13.1. The number of hydrogen-bond acceptors (Lipinski definition) is 5. The highest BCUT2D eigenvalue weighted by Crippen LogP contribution is 2.66. The van der Waals surface area contributed by atoms with Crippen LogP contribution in [0.5, 0.6) is 11.5 Å². The predicted molar refractivity (Wildman–Crippen MR) is 111 cm³/mol. The first-order valence-corrected chi connectivity index (χ1v) is 11.4. The second-order valence-electron chi connectivity index (χ2n) is 9.81. The lowest BCUT2D eigenvalue weighted by molar-refractivity contribution is -0.214. The molecule has 5 nitrogen and oxygen atoms in total. The van der Waals surface area contributed by atoms with Gasteiger partial charge in [0.15, 0.2) is 23.4 Å². The van der Waals surface area contributed by atoms with Crippen molar-refractivity contribution < 1.29 is 19.4 Å². The van der Waals surface area contributed by atoms with E-state index in [2.05, 4.69) is 25.7 Å². The molecule has 2 fully saturated rings. The summed E-state index contributed by atoms with van der Waals surface area (Å²) in [5.74, 6) is 1.44. The number of phenols is 1. The molecule has 0 radical (unpaired) electrons. The zero-order valence-electron chi connectivity index (χ0n) is 17.9. The van der Waals surface area contributed by atoms with Crippen molar-refractivity contribution in [3.8, 4) is 11.5 Å². The van der Waals surface area contributed by atoms with E-state index in [1.807, 2.05) is 6.07 Å². The maximum Gasteiger partial charge on any atom is 0.174 e. The molecule has 1 saturated heterocycles. The molecule has 2 aliphatic carbocycles. The van der Waals surface area contributed by atoms with Crippen molar-refractivity contribution >= 4 is 5.78 Å². The number of nitrogens with zero attached hydrogens (tertiary/aromatic N) is 1. The molecule has 0 aromatic heterocycles. The van der Waals surface area contributed by atoms with Crippen molar-refractivity contribution in [2.45, 2.75) is 82.5 Å². The van der Waals surface area contributed by atoms with E-state index in [-0.39, 0.29) is 17.6 Å². The van der Waals surface area contributed by atoms with Gasteiger partial charge in [-0.1, -0.05) is 26.8 Å². The Morgan fingerprint density at radius 2 is 2.17 bits per heavy atom. The number of carbonyl (C=O) groups excluding carboxylic acids is 1. The standard InChI is InChI=1S/C24H33NO4/c1-4-11-25-12-10-23-20-16-5-6-17(26)21(20)29-22(23)18(27)7-9-24(23,19(25)14-16)28-13-8-15(2)3/h5-6,15,19,22,26H,4,7-14H2,1-3H3/t19-,22+,23+,24-/m1/s1. The summed E-state index contributed by atoms with van der Waals surface area (Å²) in [6, 6.07) is 4.03. The minimum atomic E-state index is -0.524. The Morgan fingerprint density at radius 3 is 2.93 bits per heavy atom. The van der Waals surface area contributed by atoms with Gasteiger partial charge in [0.2, 0.25) is 0 Å². The molecular weight excluding hydrogens is 366 g/mol. The van der Waals surface area contributed by atoms with Crippen LogP contribution < -0.4 is 4.74 Å². The molecule has 158 valence electrons. The Balaban J connectivity index is 1.69. The highest BCUT2D eigenvalue weighted by atomic mass is 16.5. The Kier molecular flexibility index (Phi) is 4.48. The summed E-state index contributed by atoms with van der Waals surface area (Å²) in [6.07, 6.45) is 4.60. The van der Waals surface area contributed by atoms with Crippen LogP contribution in [0.2, 0.25) is 0 Å². The molecule has 29 heavy (non-hydrogen) atoms. The monoisotopic (exact) mass is 399 g/mol. The van der Waals surface area contributed by atoms with Gasteiger partial charge >= 0.3 is 0 Å². The van der Waals surface area contributed by atoms with Crippen molar-refractivity contribution in [3.63, 3.8) is 0 Å². The van der Waals surface area contributed by atoms with E-state index in [0.717, 1.165) is 50.8 Å². The fourth-order valence-corrected chi connectivity index (χ4v) is 6.71. The van der Waals surface area contributed by atoms with Crippen molar-refractivity contribution in [2.24, 2.45) is 5.92 Å². The quantitative estimate of drug-likeness (QED) is 0.792. The summed E-state index contributed by atoms with van der Waals surface area (Å²) in [5, 5.41) is 10.6. The highest BCUT2D eigenvalue weighted by molar-refractivity contribution is 5.90. The minimum absolute atomic E-state index is 0.158. The van der Waals surface area contributed by atoms with Crippen LogP contribution in [0.4, 0.5) is 0 Å². The zero-order valence-corrected chi connectivity index (χ0v) is 17.9. The van der Waals surface area contributed by atoms with E-state index in [4.69, 9.17) is 9.47 Å². The number of carbonyl (C=O) groups is 1. The first-order valence-electron chi connectivity index (χ1n) is 11.4.